The molecule has 3 nitrogen and oxygen atoms in total. The minimum absolute atomic E-state index is 0.258. The summed E-state index contributed by atoms with van der Waals surface area (Å²) in [5.41, 5.74) is 9.17. The van der Waals surface area contributed by atoms with Gasteiger partial charge in [0.25, 0.3) is 0 Å². The molecule has 0 radical (unpaired) electrons. The van der Waals surface area contributed by atoms with Crippen LogP contribution in [0.3, 0.4) is 0 Å². The third-order valence-corrected chi connectivity index (χ3v) is 4.08. The van der Waals surface area contributed by atoms with Gasteiger partial charge in [0.15, 0.2) is 0 Å². The number of nitrogens with zero attached hydrogens (tertiary/aromatic N) is 2. The molecule has 1 aromatic heterocycles. The summed E-state index contributed by atoms with van der Waals surface area (Å²) in [7, 11) is 0. The molecule has 2 rings (SSSR count). The lowest BCUT2D eigenvalue weighted by Crippen LogP contribution is -2.16. The Hall–Kier alpha value is -1.20. The highest BCUT2D eigenvalue weighted by atomic mass is 79.9. The van der Waals surface area contributed by atoms with Gasteiger partial charge < -0.3 is 5.73 Å². The number of aryl methyl sites for hydroxylation is 2. The monoisotopic (exact) mass is 339 g/mol. The van der Waals surface area contributed by atoms with Crippen molar-refractivity contribution in [2.75, 3.05) is 0 Å². The standard InChI is InChI=1S/C15H19BrFN3/c1-3-11-8-12(20(4-2)19-11)9-15(18)13-7-10(17)5-6-14(13)16/h5-8,15H,3-4,9,18H2,1-2H3. The van der Waals surface area contributed by atoms with Crippen molar-refractivity contribution >= 4 is 15.9 Å². The number of aromatic nitrogens is 2. The molecule has 5 heteroatoms. The lowest BCUT2D eigenvalue weighted by atomic mass is 10.0. The highest BCUT2D eigenvalue weighted by Crippen LogP contribution is 2.25. The van der Waals surface area contributed by atoms with Crippen LogP contribution >= 0.6 is 15.9 Å². The Morgan fingerprint density at radius 3 is 2.75 bits per heavy atom. The van der Waals surface area contributed by atoms with Crippen LogP contribution in [0.2, 0.25) is 0 Å². The lowest BCUT2D eigenvalue weighted by molar-refractivity contribution is 0.579. The van der Waals surface area contributed by atoms with Gasteiger partial charge >= 0.3 is 0 Å². The summed E-state index contributed by atoms with van der Waals surface area (Å²) in [6.07, 6.45) is 1.54. The fraction of sp³-hybridized carbons (Fsp3) is 0.400. The Labute approximate surface area is 127 Å². The quantitative estimate of drug-likeness (QED) is 0.904. The molecule has 1 unspecified atom stereocenters. The van der Waals surface area contributed by atoms with Gasteiger partial charge in [-0.2, -0.15) is 5.10 Å². The van der Waals surface area contributed by atoms with Crippen LogP contribution in [0.15, 0.2) is 28.7 Å². The van der Waals surface area contributed by atoms with E-state index in [1.807, 2.05) is 4.68 Å². The third-order valence-electron chi connectivity index (χ3n) is 3.36. The number of nitrogens with two attached hydrogens (primary N) is 1. The first kappa shape index (κ1) is 15.2. The van der Waals surface area contributed by atoms with E-state index in [0.29, 0.717) is 6.42 Å². The number of rotatable bonds is 5. The molecule has 1 heterocycles. The number of hydrogen-bond donors (Lipinski definition) is 1. The van der Waals surface area contributed by atoms with Crippen molar-refractivity contribution in [3.05, 3.63) is 51.5 Å². The predicted octanol–water partition coefficient (Wildman–Crippen LogP) is 3.61. The highest BCUT2D eigenvalue weighted by Gasteiger charge is 2.15. The topological polar surface area (TPSA) is 43.8 Å². The van der Waals surface area contributed by atoms with Gasteiger partial charge in [0.1, 0.15) is 5.82 Å². The maximum atomic E-state index is 13.4. The molecule has 20 heavy (non-hydrogen) atoms. The second-order valence-corrected chi connectivity index (χ2v) is 5.63. The summed E-state index contributed by atoms with van der Waals surface area (Å²) in [6, 6.07) is 6.43. The van der Waals surface area contributed by atoms with Crippen LogP contribution in [-0.4, -0.2) is 9.78 Å². The van der Waals surface area contributed by atoms with Crippen LogP contribution in [0.1, 0.15) is 36.8 Å². The van der Waals surface area contributed by atoms with Gasteiger partial charge in [-0.15, -0.1) is 0 Å². The van der Waals surface area contributed by atoms with Crippen molar-refractivity contribution in [2.24, 2.45) is 5.73 Å². The molecule has 2 aromatic rings. The molecule has 0 aliphatic carbocycles. The Kier molecular flexibility index (Phi) is 4.94. The Bertz CT molecular complexity index is 595. The number of hydrogen-bond acceptors (Lipinski definition) is 2. The maximum absolute atomic E-state index is 13.4. The van der Waals surface area contributed by atoms with Crippen molar-refractivity contribution in [1.82, 2.24) is 9.78 Å². The average molecular weight is 340 g/mol. The zero-order valence-corrected chi connectivity index (χ0v) is 13.3. The van der Waals surface area contributed by atoms with Gasteiger partial charge in [0.2, 0.25) is 0 Å². The number of benzene rings is 1. The molecular formula is C15H19BrFN3. The van der Waals surface area contributed by atoms with E-state index in [1.165, 1.54) is 12.1 Å². The molecule has 1 atom stereocenters. The van der Waals surface area contributed by atoms with E-state index in [9.17, 15) is 4.39 Å². The average Bonchev–Trinajstić information content (AvgIpc) is 2.83. The van der Waals surface area contributed by atoms with E-state index in [2.05, 4.69) is 40.9 Å². The molecule has 108 valence electrons. The van der Waals surface area contributed by atoms with E-state index in [4.69, 9.17) is 5.73 Å². The minimum Gasteiger partial charge on any atom is -0.324 e. The smallest absolute Gasteiger partial charge is 0.123 e. The Morgan fingerprint density at radius 1 is 1.35 bits per heavy atom. The lowest BCUT2D eigenvalue weighted by Gasteiger charge is -2.14. The van der Waals surface area contributed by atoms with Crippen molar-refractivity contribution in [3.63, 3.8) is 0 Å². The van der Waals surface area contributed by atoms with Crippen molar-refractivity contribution in [2.45, 2.75) is 39.3 Å². The molecule has 0 saturated carbocycles. The molecular weight excluding hydrogens is 321 g/mol. The third kappa shape index (κ3) is 3.27. The van der Waals surface area contributed by atoms with E-state index in [-0.39, 0.29) is 11.9 Å². The van der Waals surface area contributed by atoms with Crippen molar-refractivity contribution < 1.29 is 4.39 Å². The molecule has 0 saturated heterocycles. The SMILES string of the molecule is CCc1cc(CC(N)c2cc(F)ccc2Br)n(CC)n1. The van der Waals surface area contributed by atoms with Crippen LogP contribution in [-0.2, 0) is 19.4 Å². The summed E-state index contributed by atoms with van der Waals surface area (Å²) in [5, 5.41) is 4.51. The second-order valence-electron chi connectivity index (χ2n) is 4.77. The molecule has 1 aromatic carbocycles. The Balaban J connectivity index is 2.24. The first-order chi connectivity index (χ1) is 9.55. The molecule has 0 amide bonds. The van der Waals surface area contributed by atoms with Crippen LogP contribution in [0.25, 0.3) is 0 Å². The summed E-state index contributed by atoms with van der Waals surface area (Å²) in [4.78, 5) is 0. The Morgan fingerprint density at radius 2 is 2.10 bits per heavy atom. The molecule has 0 bridgehead atoms. The first-order valence-corrected chi connectivity index (χ1v) is 7.60. The van der Waals surface area contributed by atoms with Crippen molar-refractivity contribution in [1.29, 1.82) is 0 Å². The molecule has 2 N–H and O–H groups in total. The van der Waals surface area contributed by atoms with Crippen LogP contribution < -0.4 is 5.73 Å². The highest BCUT2D eigenvalue weighted by molar-refractivity contribution is 9.10. The zero-order valence-electron chi connectivity index (χ0n) is 11.7. The largest absolute Gasteiger partial charge is 0.324 e. The predicted molar refractivity (Wildman–Crippen MR) is 82.0 cm³/mol. The van der Waals surface area contributed by atoms with Gasteiger partial charge in [0.05, 0.1) is 5.69 Å². The fourth-order valence-corrected chi connectivity index (χ4v) is 2.80. The van der Waals surface area contributed by atoms with Gasteiger partial charge in [-0.3, -0.25) is 4.68 Å². The van der Waals surface area contributed by atoms with Crippen LogP contribution in [0, 0.1) is 5.82 Å². The molecule has 0 aliphatic rings. The minimum atomic E-state index is -0.267. The molecule has 0 fully saturated rings. The summed E-state index contributed by atoms with van der Waals surface area (Å²) >= 11 is 3.43. The van der Waals surface area contributed by atoms with Gasteiger partial charge in [-0.05, 0) is 43.2 Å². The fourth-order valence-electron chi connectivity index (χ4n) is 2.26. The summed E-state index contributed by atoms with van der Waals surface area (Å²) in [5.74, 6) is -0.267. The molecule has 0 aliphatic heterocycles. The van der Waals surface area contributed by atoms with Crippen LogP contribution in [0.5, 0.6) is 0 Å². The summed E-state index contributed by atoms with van der Waals surface area (Å²) in [6.45, 7) is 4.95. The number of halogens is 2. The van der Waals surface area contributed by atoms with E-state index < -0.39 is 0 Å². The van der Waals surface area contributed by atoms with Crippen molar-refractivity contribution in [3.8, 4) is 0 Å². The normalized spacial score (nSPS) is 12.7. The van der Waals surface area contributed by atoms with Crippen LogP contribution in [0.4, 0.5) is 4.39 Å². The van der Waals surface area contributed by atoms with Gasteiger partial charge in [0, 0.05) is 29.2 Å². The van der Waals surface area contributed by atoms with E-state index in [0.717, 1.165) is 34.4 Å². The summed E-state index contributed by atoms with van der Waals surface area (Å²) < 4.78 is 16.2. The van der Waals surface area contributed by atoms with E-state index >= 15 is 0 Å². The first-order valence-electron chi connectivity index (χ1n) is 6.81. The van der Waals surface area contributed by atoms with Gasteiger partial charge in [-0.1, -0.05) is 22.9 Å². The molecule has 0 spiro atoms. The van der Waals surface area contributed by atoms with Gasteiger partial charge in [-0.25, -0.2) is 4.39 Å². The zero-order chi connectivity index (χ0) is 14.7. The van der Waals surface area contributed by atoms with E-state index in [1.54, 1.807) is 6.07 Å². The maximum Gasteiger partial charge on any atom is 0.123 e. The second kappa shape index (κ2) is 6.50.